The van der Waals surface area contributed by atoms with E-state index in [-0.39, 0.29) is 19.1 Å². The number of rotatable bonds is 3. The third kappa shape index (κ3) is 5.04. The Morgan fingerprint density at radius 1 is 1.58 bits per heavy atom. The third-order valence-electron chi connectivity index (χ3n) is 1.19. The van der Waals surface area contributed by atoms with E-state index in [9.17, 15) is 4.79 Å². The van der Waals surface area contributed by atoms with Crippen molar-refractivity contribution in [3.8, 4) is 0 Å². The minimum atomic E-state index is -1.53. The molecule has 70 valence electrons. The van der Waals surface area contributed by atoms with Crippen LogP contribution in [0.2, 0.25) is 0 Å². The van der Waals surface area contributed by atoms with E-state index in [1.165, 1.54) is 0 Å². The minimum absolute atomic E-state index is 0.00729. The van der Waals surface area contributed by atoms with E-state index in [0.717, 1.165) is 0 Å². The molecule has 0 unspecified atom stereocenters. The molecule has 0 N–H and O–H groups in total. The van der Waals surface area contributed by atoms with Gasteiger partial charge in [-0.05, 0) is 0 Å². The van der Waals surface area contributed by atoms with Crippen molar-refractivity contribution in [2.24, 2.45) is 0 Å². The summed E-state index contributed by atoms with van der Waals surface area (Å²) in [5.41, 5.74) is 0. The Bertz CT molecular complexity index is 173. The van der Waals surface area contributed by atoms with E-state index in [1.54, 1.807) is 0 Å². The minimum Gasteiger partial charge on any atom is -0.461 e. The zero-order chi connectivity index (χ0) is 9.19. The molecule has 1 aliphatic heterocycles. The average molecular weight is 233 g/mol. The number of carbonyl (C=O) groups excluding carboxylic acids is 1. The quantitative estimate of drug-likeness (QED) is 0.423. The first kappa shape index (κ1) is 10.4. The molecule has 6 heteroatoms. The van der Waals surface area contributed by atoms with Crippen molar-refractivity contribution < 1.29 is 14.3 Å². The van der Waals surface area contributed by atoms with Crippen molar-refractivity contribution in [1.82, 2.24) is 0 Å². The van der Waals surface area contributed by atoms with Gasteiger partial charge in [-0.25, -0.2) is 0 Å². The Hall–Kier alpha value is 0.300. The van der Waals surface area contributed by atoms with Crippen LogP contribution in [0, 0.1) is 0 Å². The zero-order valence-electron chi connectivity index (χ0n) is 6.06. The summed E-state index contributed by atoms with van der Waals surface area (Å²) in [7, 11) is 0. The third-order valence-corrected chi connectivity index (χ3v) is 1.52. The summed E-state index contributed by atoms with van der Waals surface area (Å²) >= 11 is 16.1. The molecule has 0 aromatic carbocycles. The highest BCUT2D eigenvalue weighted by molar-refractivity contribution is 6.67. The molecule has 0 saturated carbocycles. The smallest absolute Gasteiger partial charge is 0.308 e. The van der Waals surface area contributed by atoms with Gasteiger partial charge in [0.25, 0.3) is 0 Å². The van der Waals surface area contributed by atoms with Crippen LogP contribution in [0.25, 0.3) is 0 Å². The number of halogens is 3. The van der Waals surface area contributed by atoms with Crippen LogP contribution in [0.5, 0.6) is 0 Å². The van der Waals surface area contributed by atoms with Crippen LogP contribution in [0.3, 0.4) is 0 Å². The maximum atomic E-state index is 10.9. The lowest BCUT2D eigenvalue weighted by atomic mass is 10.3. The SMILES string of the molecule is O=C(C[C@H]1CO1)OCC(Cl)(Cl)Cl. The van der Waals surface area contributed by atoms with Crippen LogP contribution >= 0.6 is 34.8 Å². The first-order valence-corrected chi connectivity index (χ1v) is 4.45. The highest BCUT2D eigenvalue weighted by atomic mass is 35.6. The summed E-state index contributed by atoms with van der Waals surface area (Å²) in [6.07, 6.45) is 0.244. The van der Waals surface area contributed by atoms with Gasteiger partial charge in [-0.3, -0.25) is 4.79 Å². The predicted octanol–water partition coefficient (Wildman–Crippen LogP) is 1.69. The molecule has 12 heavy (non-hydrogen) atoms. The summed E-state index contributed by atoms with van der Waals surface area (Å²) < 4.78 is 7.93. The highest BCUT2D eigenvalue weighted by Crippen LogP contribution is 2.26. The molecule has 1 atom stereocenters. The maximum absolute atomic E-state index is 10.9. The molecule has 1 saturated heterocycles. The Kier molecular flexibility index (Phi) is 3.47. The molecule has 0 aliphatic carbocycles. The van der Waals surface area contributed by atoms with Gasteiger partial charge in [0, 0.05) is 0 Å². The molecule has 0 aromatic heterocycles. The van der Waals surface area contributed by atoms with E-state index < -0.39 is 9.76 Å². The van der Waals surface area contributed by atoms with Crippen LogP contribution in [0.1, 0.15) is 6.42 Å². The van der Waals surface area contributed by atoms with Gasteiger partial charge in [0.05, 0.1) is 19.1 Å². The van der Waals surface area contributed by atoms with Crippen molar-refractivity contribution in [1.29, 1.82) is 0 Å². The average Bonchev–Trinajstić information content (AvgIpc) is 2.66. The van der Waals surface area contributed by atoms with Crippen LogP contribution in [-0.4, -0.2) is 29.1 Å². The van der Waals surface area contributed by atoms with Crippen LogP contribution in [0.15, 0.2) is 0 Å². The van der Waals surface area contributed by atoms with Gasteiger partial charge in [0.1, 0.15) is 6.61 Å². The van der Waals surface area contributed by atoms with Gasteiger partial charge in [0.15, 0.2) is 0 Å². The number of carbonyl (C=O) groups is 1. The van der Waals surface area contributed by atoms with Crippen molar-refractivity contribution >= 4 is 40.8 Å². The van der Waals surface area contributed by atoms with Crippen LogP contribution in [0.4, 0.5) is 0 Å². The van der Waals surface area contributed by atoms with E-state index >= 15 is 0 Å². The summed E-state index contributed by atoms with van der Waals surface area (Å²) in [6, 6.07) is 0. The van der Waals surface area contributed by atoms with E-state index in [1.807, 2.05) is 0 Å². The molecule has 3 nitrogen and oxygen atoms in total. The topological polar surface area (TPSA) is 38.8 Å². The molecular formula is C6H7Cl3O3. The summed E-state index contributed by atoms with van der Waals surface area (Å²) in [5.74, 6) is -0.399. The van der Waals surface area contributed by atoms with Gasteiger partial charge in [-0.2, -0.15) is 0 Å². The lowest BCUT2D eigenvalue weighted by molar-refractivity contribution is -0.143. The lowest BCUT2D eigenvalue weighted by Gasteiger charge is -2.10. The van der Waals surface area contributed by atoms with Crippen molar-refractivity contribution in [2.75, 3.05) is 13.2 Å². The molecule has 1 aliphatic rings. The first-order valence-electron chi connectivity index (χ1n) is 3.31. The van der Waals surface area contributed by atoms with Crippen LogP contribution in [-0.2, 0) is 14.3 Å². The van der Waals surface area contributed by atoms with Crippen molar-refractivity contribution in [2.45, 2.75) is 16.3 Å². The maximum Gasteiger partial charge on any atom is 0.308 e. The summed E-state index contributed by atoms with van der Waals surface area (Å²) in [6.45, 7) is 0.395. The summed E-state index contributed by atoms with van der Waals surface area (Å²) in [4.78, 5) is 10.9. The van der Waals surface area contributed by atoms with Crippen molar-refractivity contribution in [3.63, 3.8) is 0 Å². The van der Waals surface area contributed by atoms with Gasteiger partial charge in [-0.15, -0.1) is 0 Å². The monoisotopic (exact) mass is 232 g/mol. The zero-order valence-corrected chi connectivity index (χ0v) is 8.33. The van der Waals surface area contributed by atoms with Gasteiger partial charge in [0.2, 0.25) is 3.79 Å². The number of alkyl halides is 3. The molecule has 0 amide bonds. The molecule has 1 fully saturated rings. The fraction of sp³-hybridized carbons (Fsp3) is 0.833. The molecular weight excluding hydrogens is 226 g/mol. The largest absolute Gasteiger partial charge is 0.461 e. The molecule has 1 rings (SSSR count). The number of hydrogen-bond donors (Lipinski definition) is 0. The number of epoxide rings is 1. The van der Waals surface area contributed by atoms with E-state index in [4.69, 9.17) is 39.5 Å². The van der Waals surface area contributed by atoms with Crippen LogP contribution < -0.4 is 0 Å². The highest BCUT2D eigenvalue weighted by Gasteiger charge is 2.28. The molecule has 1 heterocycles. The fourth-order valence-corrected chi connectivity index (χ4v) is 0.757. The normalized spacial score (nSPS) is 22.1. The lowest BCUT2D eigenvalue weighted by Crippen LogP contribution is -2.18. The van der Waals surface area contributed by atoms with Gasteiger partial charge in [-0.1, -0.05) is 34.8 Å². The molecule has 0 bridgehead atoms. The fourth-order valence-electron chi connectivity index (χ4n) is 0.593. The second-order valence-electron chi connectivity index (χ2n) is 2.44. The Morgan fingerprint density at radius 3 is 2.58 bits per heavy atom. The van der Waals surface area contributed by atoms with E-state index in [2.05, 4.69) is 4.74 Å². The Morgan fingerprint density at radius 2 is 2.17 bits per heavy atom. The molecule has 0 aromatic rings. The summed E-state index contributed by atoms with van der Waals surface area (Å²) in [5, 5.41) is 0. The Balaban J connectivity index is 2.09. The second kappa shape index (κ2) is 4.01. The van der Waals surface area contributed by atoms with Crippen molar-refractivity contribution in [3.05, 3.63) is 0 Å². The number of esters is 1. The molecule has 0 spiro atoms. The first-order chi connectivity index (χ1) is 5.47. The number of hydrogen-bond acceptors (Lipinski definition) is 3. The standard InChI is InChI=1S/C6H7Cl3O3/c7-6(8,9)3-12-5(10)1-4-2-11-4/h4H,1-3H2/t4-/m0/s1. The number of ether oxygens (including phenoxy) is 2. The second-order valence-corrected chi connectivity index (χ2v) is 4.95. The van der Waals surface area contributed by atoms with Gasteiger partial charge >= 0.3 is 5.97 Å². The van der Waals surface area contributed by atoms with E-state index in [0.29, 0.717) is 6.61 Å². The predicted molar refractivity (Wildman–Crippen MR) is 45.6 cm³/mol. The van der Waals surface area contributed by atoms with Gasteiger partial charge < -0.3 is 9.47 Å². The Labute approximate surface area is 84.9 Å². The molecule has 0 radical (unpaired) electrons.